The molecule has 1 fully saturated rings. The highest BCUT2D eigenvalue weighted by atomic mass is 16.1. The van der Waals surface area contributed by atoms with Crippen molar-refractivity contribution in [3.05, 3.63) is 76.7 Å². The van der Waals surface area contributed by atoms with Crippen LogP contribution in [0.2, 0.25) is 0 Å². The van der Waals surface area contributed by atoms with E-state index in [0.29, 0.717) is 11.2 Å². The minimum Gasteiger partial charge on any atom is -0.364 e. The second-order valence-electron chi connectivity index (χ2n) is 9.26. The molecule has 1 unspecified atom stereocenters. The van der Waals surface area contributed by atoms with E-state index in [1.54, 1.807) is 40.8 Å². The molecule has 4 aromatic rings. The van der Waals surface area contributed by atoms with Gasteiger partial charge in [-0.25, -0.2) is 14.6 Å². The van der Waals surface area contributed by atoms with E-state index < -0.39 is 0 Å². The summed E-state index contributed by atoms with van der Waals surface area (Å²) in [5.41, 5.74) is 4.70. The minimum atomic E-state index is -0.0814. The van der Waals surface area contributed by atoms with Gasteiger partial charge >= 0.3 is 0 Å². The molecule has 178 valence electrons. The zero-order valence-corrected chi connectivity index (χ0v) is 20.3. The van der Waals surface area contributed by atoms with Gasteiger partial charge in [0.15, 0.2) is 0 Å². The van der Waals surface area contributed by atoms with Gasteiger partial charge in [0, 0.05) is 44.3 Å². The lowest BCUT2D eigenvalue weighted by molar-refractivity contribution is 0.119. The van der Waals surface area contributed by atoms with Crippen LogP contribution in [0.15, 0.2) is 59.9 Å². The molecule has 0 saturated carbocycles. The Bertz CT molecular complexity index is 1450. The molecule has 1 aliphatic rings. The van der Waals surface area contributed by atoms with Crippen LogP contribution >= 0.6 is 0 Å². The largest absolute Gasteiger partial charge is 0.364 e. The molecule has 9 nitrogen and oxygen atoms in total. The molecule has 1 aromatic carbocycles. The molecular weight excluding hydrogens is 440 g/mol. The summed E-state index contributed by atoms with van der Waals surface area (Å²) in [5.74, 6) is 0. The number of pyridine rings is 2. The minimum absolute atomic E-state index is 0.0814. The quantitative estimate of drug-likeness (QED) is 0.454. The van der Waals surface area contributed by atoms with Crippen molar-refractivity contribution in [2.75, 3.05) is 18.0 Å². The van der Waals surface area contributed by atoms with Gasteiger partial charge in [-0.3, -0.25) is 9.69 Å². The fourth-order valence-electron chi connectivity index (χ4n) is 5.06. The van der Waals surface area contributed by atoms with E-state index in [2.05, 4.69) is 76.0 Å². The summed E-state index contributed by atoms with van der Waals surface area (Å²) in [5, 5.41) is 13.6. The number of hydrogen-bond donors (Lipinski definition) is 0. The number of anilines is 1. The normalized spacial score (nSPS) is 19.6. The van der Waals surface area contributed by atoms with Crippen LogP contribution in [0.1, 0.15) is 38.1 Å². The van der Waals surface area contributed by atoms with E-state index in [1.165, 1.54) is 11.9 Å². The van der Waals surface area contributed by atoms with Crippen LogP contribution in [0.25, 0.3) is 16.7 Å². The van der Waals surface area contributed by atoms with Gasteiger partial charge in [0.1, 0.15) is 29.9 Å². The number of piperazine rings is 1. The highest BCUT2D eigenvalue weighted by molar-refractivity contribution is 5.89. The standard InChI is InChI=1S/C26H28N8O/c1-17-14-33(24-11-25(35)31(4)23-10-7-21(12-27)30-26(23)24)18(2)13-32(17)19(3)20-5-8-22(9-6-20)34-16-28-15-29-34/h5-11,15-19H,13-14H2,1-4H3/t17-,18+,19?/m1/s1. The lowest BCUT2D eigenvalue weighted by atomic mass is 10.00. The summed E-state index contributed by atoms with van der Waals surface area (Å²) in [6, 6.07) is 16.3. The molecule has 1 aliphatic heterocycles. The molecule has 0 radical (unpaired) electrons. The molecule has 5 rings (SSSR count). The van der Waals surface area contributed by atoms with Gasteiger partial charge in [-0.05, 0) is 50.6 Å². The molecule has 3 atom stereocenters. The van der Waals surface area contributed by atoms with Crippen LogP contribution in [0.5, 0.6) is 0 Å². The lowest BCUT2D eigenvalue weighted by Crippen LogP contribution is -2.57. The Kier molecular flexibility index (Phi) is 5.83. The van der Waals surface area contributed by atoms with Crippen molar-refractivity contribution in [3.8, 4) is 11.8 Å². The van der Waals surface area contributed by atoms with Crippen LogP contribution in [0.4, 0.5) is 5.69 Å². The molecule has 4 heterocycles. The summed E-state index contributed by atoms with van der Waals surface area (Å²) in [7, 11) is 1.74. The fourth-order valence-corrected chi connectivity index (χ4v) is 5.06. The molecule has 0 amide bonds. The molecule has 0 spiro atoms. The van der Waals surface area contributed by atoms with Crippen molar-refractivity contribution < 1.29 is 0 Å². The van der Waals surface area contributed by atoms with Crippen LogP contribution in [-0.4, -0.2) is 54.4 Å². The number of nitriles is 1. The van der Waals surface area contributed by atoms with Crippen LogP contribution in [0.3, 0.4) is 0 Å². The summed E-state index contributed by atoms with van der Waals surface area (Å²) in [6.45, 7) is 8.22. The Morgan fingerprint density at radius 1 is 1.09 bits per heavy atom. The zero-order chi connectivity index (χ0) is 24.7. The first-order chi connectivity index (χ1) is 16.9. The van der Waals surface area contributed by atoms with Gasteiger partial charge in [0.05, 0.1) is 16.9 Å². The van der Waals surface area contributed by atoms with Gasteiger partial charge in [-0.1, -0.05) is 12.1 Å². The number of aryl methyl sites for hydroxylation is 1. The van der Waals surface area contributed by atoms with E-state index in [9.17, 15) is 10.1 Å². The molecule has 3 aromatic heterocycles. The summed E-state index contributed by atoms with van der Waals surface area (Å²) >= 11 is 0. The van der Waals surface area contributed by atoms with Crippen molar-refractivity contribution in [2.24, 2.45) is 7.05 Å². The Labute approximate surface area is 203 Å². The molecule has 0 aliphatic carbocycles. The summed E-state index contributed by atoms with van der Waals surface area (Å²) in [4.78, 5) is 26.1. The first-order valence-corrected chi connectivity index (χ1v) is 11.8. The summed E-state index contributed by atoms with van der Waals surface area (Å²) in [6.07, 6.45) is 3.22. The first-order valence-electron chi connectivity index (χ1n) is 11.8. The van der Waals surface area contributed by atoms with Crippen molar-refractivity contribution in [1.82, 2.24) is 29.2 Å². The van der Waals surface area contributed by atoms with Crippen molar-refractivity contribution in [3.63, 3.8) is 0 Å². The third kappa shape index (κ3) is 4.06. The molecule has 0 N–H and O–H groups in total. The fraction of sp³-hybridized carbons (Fsp3) is 0.346. The maximum atomic E-state index is 12.7. The number of rotatable bonds is 4. The molecule has 1 saturated heterocycles. The molecule has 9 heteroatoms. The van der Waals surface area contributed by atoms with Gasteiger partial charge in [0.25, 0.3) is 5.56 Å². The predicted octanol–water partition coefficient (Wildman–Crippen LogP) is 3.05. The van der Waals surface area contributed by atoms with Gasteiger partial charge in [-0.15, -0.1) is 0 Å². The smallest absolute Gasteiger partial charge is 0.252 e. The second-order valence-corrected chi connectivity index (χ2v) is 9.26. The van der Waals surface area contributed by atoms with E-state index >= 15 is 0 Å². The van der Waals surface area contributed by atoms with Crippen molar-refractivity contribution in [1.29, 1.82) is 5.26 Å². The second kappa shape index (κ2) is 8.96. The van der Waals surface area contributed by atoms with Crippen LogP contribution < -0.4 is 10.5 Å². The highest BCUT2D eigenvalue weighted by Gasteiger charge is 2.33. The average molecular weight is 469 g/mol. The van der Waals surface area contributed by atoms with Gasteiger partial charge in [0.2, 0.25) is 0 Å². The average Bonchev–Trinajstić information content (AvgIpc) is 3.42. The van der Waals surface area contributed by atoms with E-state index in [4.69, 9.17) is 0 Å². The predicted molar refractivity (Wildman–Crippen MR) is 134 cm³/mol. The maximum absolute atomic E-state index is 12.7. The van der Waals surface area contributed by atoms with Gasteiger partial charge in [-0.2, -0.15) is 10.4 Å². The number of benzene rings is 1. The number of nitrogens with zero attached hydrogens (tertiary/aromatic N) is 8. The van der Waals surface area contributed by atoms with Crippen LogP contribution in [0, 0.1) is 11.3 Å². The Morgan fingerprint density at radius 2 is 1.86 bits per heavy atom. The third-order valence-electron chi connectivity index (χ3n) is 7.08. The molecular formula is C26H28N8O. The first kappa shape index (κ1) is 22.7. The monoisotopic (exact) mass is 468 g/mol. The van der Waals surface area contributed by atoms with E-state index in [-0.39, 0.29) is 23.7 Å². The molecule has 35 heavy (non-hydrogen) atoms. The highest BCUT2D eigenvalue weighted by Crippen LogP contribution is 2.32. The Morgan fingerprint density at radius 3 is 2.54 bits per heavy atom. The number of hydrogen-bond acceptors (Lipinski definition) is 7. The maximum Gasteiger partial charge on any atom is 0.252 e. The SMILES string of the molecule is CC(c1ccc(-n2cncn2)cc1)N1C[C@H](C)N(c2cc(=O)n(C)c3ccc(C#N)nc23)C[C@H]1C. The van der Waals surface area contributed by atoms with Crippen molar-refractivity contribution >= 4 is 16.7 Å². The number of aromatic nitrogens is 5. The topological polar surface area (TPSA) is 95.9 Å². The van der Waals surface area contributed by atoms with E-state index in [1.807, 2.05) is 0 Å². The van der Waals surface area contributed by atoms with Crippen LogP contribution in [-0.2, 0) is 7.05 Å². The van der Waals surface area contributed by atoms with Crippen molar-refractivity contribution in [2.45, 2.75) is 38.9 Å². The zero-order valence-electron chi connectivity index (χ0n) is 20.3. The molecule has 0 bridgehead atoms. The van der Waals surface area contributed by atoms with E-state index in [0.717, 1.165) is 30.0 Å². The lowest BCUT2D eigenvalue weighted by Gasteiger charge is -2.47. The Balaban J connectivity index is 1.42. The number of fused-ring (bicyclic) bond motifs is 1. The Hall–Kier alpha value is -4.03. The summed E-state index contributed by atoms with van der Waals surface area (Å²) < 4.78 is 3.33. The third-order valence-corrected chi connectivity index (χ3v) is 7.08. The van der Waals surface area contributed by atoms with Gasteiger partial charge < -0.3 is 9.47 Å².